The lowest BCUT2D eigenvalue weighted by atomic mass is 10.1. The first-order valence-corrected chi connectivity index (χ1v) is 8.51. The molecule has 2 aromatic carbocycles. The zero-order valence-electron chi connectivity index (χ0n) is 15.8. The highest BCUT2D eigenvalue weighted by Crippen LogP contribution is 2.22. The lowest BCUT2D eigenvalue weighted by molar-refractivity contribution is -0.144. The number of halogens is 1. The van der Waals surface area contributed by atoms with Gasteiger partial charge < -0.3 is 20.1 Å². The predicted molar refractivity (Wildman–Crippen MR) is 102 cm³/mol. The summed E-state index contributed by atoms with van der Waals surface area (Å²) in [7, 11) is 0. The van der Waals surface area contributed by atoms with Crippen LogP contribution in [0.25, 0.3) is 0 Å². The zero-order valence-corrected chi connectivity index (χ0v) is 15.8. The topological polar surface area (TPSA) is 111 Å². The number of Topliss-reactive ketones (excluding diaryl/α,β-unsaturated/α-hetero) is 1. The molecule has 0 aliphatic rings. The number of esters is 1. The van der Waals surface area contributed by atoms with Crippen LogP contribution in [0.1, 0.15) is 24.2 Å². The minimum absolute atomic E-state index is 0.113. The smallest absolute Gasteiger partial charge is 0.344 e. The van der Waals surface area contributed by atoms with E-state index in [1.807, 2.05) is 0 Å². The number of rotatable bonds is 8. The molecule has 29 heavy (non-hydrogen) atoms. The van der Waals surface area contributed by atoms with Crippen molar-refractivity contribution in [3.63, 3.8) is 0 Å². The predicted octanol–water partition coefficient (Wildman–Crippen LogP) is 2.55. The van der Waals surface area contributed by atoms with Crippen molar-refractivity contribution in [2.24, 2.45) is 0 Å². The number of ketones is 1. The molecule has 0 saturated carbocycles. The van der Waals surface area contributed by atoms with Gasteiger partial charge in [0.25, 0.3) is 0 Å². The van der Waals surface area contributed by atoms with E-state index >= 15 is 0 Å². The van der Waals surface area contributed by atoms with Gasteiger partial charge in [-0.1, -0.05) is 0 Å². The van der Waals surface area contributed by atoms with Gasteiger partial charge >= 0.3 is 5.97 Å². The summed E-state index contributed by atoms with van der Waals surface area (Å²) in [5, 5.41) is 5.04. The number of carbonyl (C=O) groups excluding carboxylic acids is 4. The van der Waals surface area contributed by atoms with Crippen molar-refractivity contribution in [3.8, 4) is 5.75 Å². The Labute approximate surface area is 166 Å². The summed E-state index contributed by atoms with van der Waals surface area (Å²) in [4.78, 5) is 46.7. The fraction of sp³-hybridized carbons (Fsp3) is 0.200. The van der Waals surface area contributed by atoms with E-state index in [0.717, 1.165) is 0 Å². The van der Waals surface area contributed by atoms with Crippen molar-refractivity contribution in [1.82, 2.24) is 0 Å². The molecule has 0 radical (unpaired) electrons. The Hall–Kier alpha value is -3.75. The number of anilines is 2. The number of benzene rings is 2. The largest absolute Gasteiger partial charge is 0.482 e. The van der Waals surface area contributed by atoms with Gasteiger partial charge in [0.2, 0.25) is 17.6 Å². The Morgan fingerprint density at radius 3 is 2.17 bits per heavy atom. The second-order valence-corrected chi connectivity index (χ2v) is 5.95. The highest BCUT2D eigenvalue weighted by Gasteiger charge is 2.16. The van der Waals surface area contributed by atoms with Crippen molar-refractivity contribution in [3.05, 3.63) is 53.8 Å². The molecule has 2 amide bonds. The molecule has 0 saturated heterocycles. The van der Waals surface area contributed by atoms with Gasteiger partial charge in [-0.05, 0) is 42.5 Å². The molecule has 0 aromatic heterocycles. The van der Waals surface area contributed by atoms with Crippen molar-refractivity contribution < 1.29 is 33.0 Å². The fourth-order valence-corrected chi connectivity index (χ4v) is 2.30. The minimum Gasteiger partial charge on any atom is -0.482 e. The van der Waals surface area contributed by atoms with Crippen LogP contribution in [-0.2, 0) is 19.1 Å². The van der Waals surface area contributed by atoms with E-state index < -0.39 is 36.7 Å². The van der Waals surface area contributed by atoms with E-state index in [9.17, 15) is 23.6 Å². The van der Waals surface area contributed by atoms with Gasteiger partial charge in [-0.2, -0.15) is 0 Å². The highest BCUT2D eigenvalue weighted by atomic mass is 19.1. The third-order valence-electron chi connectivity index (χ3n) is 3.49. The van der Waals surface area contributed by atoms with Crippen LogP contribution in [-0.4, -0.2) is 36.8 Å². The van der Waals surface area contributed by atoms with Gasteiger partial charge in [-0.3, -0.25) is 14.4 Å². The Balaban J connectivity index is 1.97. The van der Waals surface area contributed by atoms with E-state index in [2.05, 4.69) is 10.6 Å². The standard InChI is InChI=1S/C20H19FN2O6/c1-12(24)22-15-5-8-17(18(9-15)23-13(2)25)19(26)10-29-20(27)11-28-16-6-3-14(21)4-7-16/h3-9H,10-11H2,1-2H3,(H,22,24)(H,23,25). The van der Waals surface area contributed by atoms with E-state index in [1.54, 1.807) is 0 Å². The molecule has 8 nitrogen and oxygen atoms in total. The molecule has 0 atom stereocenters. The average Bonchev–Trinajstić information content (AvgIpc) is 2.65. The summed E-state index contributed by atoms with van der Waals surface area (Å²) >= 11 is 0. The average molecular weight is 402 g/mol. The van der Waals surface area contributed by atoms with Crippen molar-refractivity contribution >= 4 is 34.9 Å². The Morgan fingerprint density at radius 1 is 0.897 bits per heavy atom. The maximum Gasteiger partial charge on any atom is 0.344 e. The van der Waals surface area contributed by atoms with Crippen LogP contribution < -0.4 is 15.4 Å². The molecule has 0 heterocycles. The van der Waals surface area contributed by atoms with Gasteiger partial charge in [-0.15, -0.1) is 0 Å². The lowest BCUT2D eigenvalue weighted by Crippen LogP contribution is -2.21. The molecule has 0 spiro atoms. The van der Waals surface area contributed by atoms with Crippen molar-refractivity contribution in [2.75, 3.05) is 23.8 Å². The number of hydrogen-bond acceptors (Lipinski definition) is 6. The number of ether oxygens (including phenoxy) is 2. The second kappa shape index (κ2) is 9.98. The maximum atomic E-state index is 12.8. The molecule has 0 aliphatic carbocycles. The minimum atomic E-state index is -0.793. The first-order chi connectivity index (χ1) is 13.7. The Kier molecular flexibility index (Phi) is 7.41. The van der Waals surface area contributed by atoms with Crippen LogP contribution in [0.2, 0.25) is 0 Å². The SMILES string of the molecule is CC(=O)Nc1ccc(C(=O)COC(=O)COc2ccc(F)cc2)c(NC(C)=O)c1. The molecular weight excluding hydrogens is 383 g/mol. The quantitative estimate of drug-likeness (QED) is 0.519. The normalized spacial score (nSPS) is 10.0. The van der Waals surface area contributed by atoms with Gasteiger partial charge in [0.15, 0.2) is 13.2 Å². The molecular formula is C20H19FN2O6. The van der Waals surface area contributed by atoms with Crippen molar-refractivity contribution in [2.45, 2.75) is 13.8 Å². The third-order valence-corrected chi connectivity index (χ3v) is 3.49. The summed E-state index contributed by atoms with van der Waals surface area (Å²) in [6, 6.07) is 9.38. The zero-order chi connectivity index (χ0) is 21.4. The summed E-state index contributed by atoms with van der Waals surface area (Å²) in [6.45, 7) is 1.56. The van der Waals surface area contributed by atoms with Gasteiger partial charge in [0.1, 0.15) is 11.6 Å². The summed E-state index contributed by atoms with van der Waals surface area (Å²) < 4.78 is 22.9. The van der Waals surface area contributed by atoms with Crippen LogP contribution >= 0.6 is 0 Å². The number of hydrogen-bond donors (Lipinski definition) is 2. The summed E-state index contributed by atoms with van der Waals surface area (Å²) in [5.41, 5.74) is 0.677. The number of carbonyl (C=O) groups is 4. The maximum absolute atomic E-state index is 12.8. The van der Waals surface area contributed by atoms with Crippen LogP contribution in [0.5, 0.6) is 5.75 Å². The highest BCUT2D eigenvalue weighted by molar-refractivity contribution is 6.06. The fourth-order valence-electron chi connectivity index (χ4n) is 2.30. The lowest BCUT2D eigenvalue weighted by Gasteiger charge is -2.12. The van der Waals surface area contributed by atoms with E-state index in [4.69, 9.17) is 9.47 Å². The summed E-state index contributed by atoms with van der Waals surface area (Å²) in [6.07, 6.45) is 0. The molecule has 152 valence electrons. The van der Waals surface area contributed by atoms with Crippen molar-refractivity contribution in [1.29, 1.82) is 0 Å². The van der Waals surface area contributed by atoms with E-state index in [-0.39, 0.29) is 22.9 Å². The molecule has 2 N–H and O–H groups in total. The molecule has 2 aromatic rings. The van der Waals surface area contributed by atoms with Gasteiger partial charge in [0.05, 0.1) is 5.69 Å². The first-order valence-electron chi connectivity index (χ1n) is 8.51. The molecule has 0 bridgehead atoms. The van der Waals surface area contributed by atoms with Crippen LogP contribution in [0.15, 0.2) is 42.5 Å². The van der Waals surface area contributed by atoms with Crippen LogP contribution in [0.3, 0.4) is 0 Å². The van der Waals surface area contributed by atoms with Crippen LogP contribution in [0.4, 0.5) is 15.8 Å². The van der Waals surface area contributed by atoms with Crippen LogP contribution in [0, 0.1) is 5.82 Å². The molecule has 0 aliphatic heterocycles. The number of amides is 2. The van der Waals surface area contributed by atoms with Gasteiger partial charge in [0, 0.05) is 25.1 Å². The summed E-state index contributed by atoms with van der Waals surface area (Å²) in [5.74, 6) is -2.24. The molecule has 9 heteroatoms. The molecule has 2 rings (SSSR count). The number of nitrogens with one attached hydrogen (secondary N) is 2. The second-order valence-electron chi connectivity index (χ2n) is 5.95. The van der Waals surface area contributed by atoms with Gasteiger partial charge in [-0.25, -0.2) is 9.18 Å². The Morgan fingerprint density at radius 2 is 1.55 bits per heavy atom. The molecule has 0 unspecified atom stereocenters. The third kappa shape index (κ3) is 7.06. The first kappa shape index (κ1) is 21.5. The monoisotopic (exact) mass is 402 g/mol. The Bertz CT molecular complexity index is 927. The van der Waals surface area contributed by atoms with E-state index in [0.29, 0.717) is 5.69 Å². The molecule has 0 fully saturated rings. The van der Waals surface area contributed by atoms with E-state index in [1.165, 1.54) is 56.3 Å².